The highest BCUT2D eigenvalue weighted by Crippen LogP contribution is 2.26. The van der Waals surface area contributed by atoms with Crippen LogP contribution in [0, 0.1) is 0 Å². The van der Waals surface area contributed by atoms with Crippen molar-refractivity contribution in [1.82, 2.24) is 18.8 Å². The lowest BCUT2D eigenvalue weighted by molar-refractivity contribution is 0.0573. The standard InChI is InChI=1S/C21H24N4O3S2/c26-21(24-11-9-23(10-12-24)17-4-1-2-5-17)16-7-8-19-18(14-16)22-15-25(19)30(27,28)20-6-3-13-29-20/h3,6-8,13-15,17H,1-2,4-5,9-12H2. The maximum Gasteiger partial charge on any atom is 0.278 e. The molecule has 1 aliphatic carbocycles. The summed E-state index contributed by atoms with van der Waals surface area (Å²) < 4.78 is 27.1. The molecule has 0 spiro atoms. The fourth-order valence-corrected chi connectivity index (χ4v) is 6.94. The van der Waals surface area contributed by atoms with E-state index in [0.29, 0.717) is 22.6 Å². The molecule has 0 unspecified atom stereocenters. The van der Waals surface area contributed by atoms with Crippen molar-refractivity contribution < 1.29 is 13.2 Å². The number of amides is 1. The molecule has 1 saturated carbocycles. The summed E-state index contributed by atoms with van der Waals surface area (Å²) in [6.45, 7) is 3.31. The van der Waals surface area contributed by atoms with Crippen LogP contribution in [0.25, 0.3) is 11.0 Å². The third-order valence-electron chi connectivity index (χ3n) is 6.21. The number of piperazine rings is 1. The van der Waals surface area contributed by atoms with Crippen LogP contribution in [0.1, 0.15) is 36.0 Å². The van der Waals surface area contributed by atoms with Gasteiger partial charge in [0.05, 0.1) is 11.0 Å². The predicted molar refractivity (Wildman–Crippen MR) is 116 cm³/mol. The average Bonchev–Trinajstić information content (AvgIpc) is 3.54. The van der Waals surface area contributed by atoms with Gasteiger partial charge in [-0.05, 0) is 42.5 Å². The molecule has 7 nitrogen and oxygen atoms in total. The van der Waals surface area contributed by atoms with E-state index < -0.39 is 10.0 Å². The molecule has 0 bridgehead atoms. The third kappa shape index (κ3) is 3.44. The van der Waals surface area contributed by atoms with Gasteiger partial charge in [0.25, 0.3) is 15.9 Å². The summed E-state index contributed by atoms with van der Waals surface area (Å²) in [6.07, 6.45) is 6.51. The number of carbonyl (C=O) groups excluding carboxylic acids is 1. The summed E-state index contributed by atoms with van der Waals surface area (Å²) in [7, 11) is -3.68. The van der Waals surface area contributed by atoms with Crippen LogP contribution in [0.3, 0.4) is 0 Å². The number of hydrogen-bond donors (Lipinski definition) is 0. The quantitative estimate of drug-likeness (QED) is 0.618. The minimum absolute atomic E-state index is 0.0152. The Bertz CT molecular complexity index is 1160. The van der Waals surface area contributed by atoms with Crippen LogP contribution < -0.4 is 0 Å². The van der Waals surface area contributed by atoms with Gasteiger partial charge in [-0.15, -0.1) is 11.3 Å². The van der Waals surface area contributed by atoms with Gasteiger partial charge in [0.15, 0.2) is 0 Å². The van der Waals surface area contributed by atoms with Crippen molar-refractivity contribution in [3.8, 4) is 0 Å². The number of fused-ring (bicyclic) bond motifs is 1. The molecule has 158 valence electrons. The average molecular weight is 445 g/mol. The molecule has 30 heavy (non-hydrogen) atoms. The Morgan fingerprint density at radius 1 is 1.07 bits per heavy atom. The lowest BCUT2D eigenvalue weighted by Crippen LogP contribution is -2.51. The molecule has 2 aliphatic rings. The molecule has 2 aromatic heterocycles. The van der Waals surface area contributed by atoms with Crippen molar-refractivity contribution in [1.29, 1.82) is 0 Å². The summed E-state index contributed by atoms with van der Waals surface area (Å²) in [5, 5.41) is 1.73. The second kappa shape index (κ2) is 7.79. The van der Waals surface area contributed by atoms with E-state index in [1.165, 1.54) is 47.3 Å². The van der Waals surface area contributed by atoms with Crippen LogP contribution in [0.2, 0.25) is 0 Å². The predicted octanol–water partition coefficient (Wildman–Crippen LogP) is 3.04. The molecular weight excluding hydrogens is 420 g/mol. The van der Waals surface area contributed by atoms with E-state index in [1.54, 1.807) is 35.7 Å². The Morgan fingerprint density at radius 2 is 1.83 bits per heavy atom. The number of nitrogens with zero attached hydrogens (tertiary/aromatic N) is 4. The molecule has 1 aromatic carbocycles. The van der Waals surface area contributed by atoms with E-state index in [4.69, 9.17) is 0 Å². The highest BCUT2D eigenvalue weighted by atomic mass is 32.2. The van der Waals surface area contributed by atoms with E-state index in [1.807, 2.05) is 4.90 Å². The summed E-state index contributed by atoms with van der Waals surface area (Å²) in [5.74, 6) is -0.0152. The van der Waals surface area contributed by atoms with Gasteiger partial charge in [-0.2, -0.15) is 8.42 Å². The van der Waals surface area contributed by atoms with Crippen LogP contribution in [0.5, 0.6) is 0 Å². The minimum atomic E-state index is -3.68. The van der Waals surface area contributed by atoms with Crippen molar-refractivity contribution in [2.75, 3.05) is 26.2 Å². The Kier molecular flexibility index (Phi) is 5.12. The van der Waals surface area contributed by atoms with Gasteiger partial charge in [-0.1, -0.05) is 18.9 Å². The van der Waals surface area contributed by atoms with E-state index in [9.17, 15) is 13.2 Å². The molecule has 3 heterocycles. The SMILES string of the molecule is O=C(c1ccc2c(c1)ncn2S(=O)(=O)c1cccs1)N1CCN(C2CCCC2)CC1. The third-order valence-corrected chi connectivity index (χ3v) is 9.25. The number of thiophene rings is 1. The maximum absolute atomic E-state index is 13.0. The molecular formula is C21H24N4O3S2. The van der Waals surface area contributed by atoms with Crippen molar-refractivity contribution in [3.05, 3.63) is 47.6 Å². The van der Waals surface area contributed by atoms with Crippen LogP contribution in [-0.4, -0.2) is 65.3 Å². The highest BCUT2D eigenvalue weighted by Gasteiger charge is 2.28. The molecule has 1 amide bonds. The van der Waals surface area contributed by atoms with E-state index in [0.717, 1.165) is 26.2 Å². The number of benzene rings is 1. The molecule has 0 N–H and O–H groups in total. The summed E-state index contributed by atoms with van der Waals surface area (Å²) in [5.41, 5.74) is 1.53. The number of rotatable bonds is 4. The topological polar surface area (TPSA) is 75.5 Å². The molecule has 3 aromatic rings. The number of imidazole rings is 1. The lowest BCUT2D eigenvalue weighted by Gasteiger charge is -2.38. The molecule has 1 saturated heterocycles. The molecule has 9 heteroatoms. The molecule has 1 aliphatic heterocycles. The lowest BCUT2D eigenvalue weighted by atomic mass is 10.1. The first-order valence-corrected chi connectivity index (χ1v) is 12.7. The fraction of sp³-hybridized carbons (Fsp3) is 0.429. The second-order valence-corrected chi connectivity index (χ2v) is 10.9. The van der Waals surface area contributed by atoms with Gasteiger partial charge in [0.2, 0.25) is 0 Å². The van der Waals surface area contributed by atoms with Gasteiger partial charge in [-0.3, -0.25) is 9.69 Å². The van der Waals surface area contributed by atoms with Gasteiger partial charge in [0.1, 0.15) is 10.5 Å². The van der Waals surface area contributed by atoms with Crippen molar-refractivity contribution in [2.45, 2.75) is 35.9 Å². The molecule has 0 radical (unpaired) electrons. The summed E-state index contributed by atoms with van der Waals surface area (Å²) >= 11 is 1.17. The summed E-state index contributed by atoms with van der Waals surface area (Å²) in [4.78, 5) is 21.7. The molecule has 0 atom stereocenters. The van der Waals surface area contributed by atoms with Gasteiger partial charge in [-0.25, -0.2) is 8.96 Å². The van der Waals surface area contributed by atoms with Crippen molar-refractivity contribution in [3.63, 3.8) is 0 Å². The van der Waals surface area contributed by atoms with Gasteiger partial charge in [0, 0.05) is 37.8 Å². The van der Waals surface area contributed by atoms with Crippen molar-refractivity contribution in [2.24, 2.45) is 0 Å². The maximum atomic E-state index is 13.0. The van der Waals surface area contributed by atoms with Crippen LogP contribution >= 0.6 is 11.3 Å². The zero-order valence-electron chi connectivity index (χ0n) is 16.6. The fourth-order valence-electron chi connectivity index (χ4n) is 4.56. The Morgan fingerprint density at radius 3 is 2.53 bits per heavy atom. The minimum Gasteiger partial charge on any atom is -0.336 e. The van der Waals surface area contributed by atoms with Crippen LogP contribution in [-0.2, 0) is 10.0 Å². The first-order chi connectivity index (χ1) is 14.5. The van der Waals surface area contributed by atoms with Gasteiger partial charge >= 0.3 is 0 Å². The van der Waals surface area contributed by atoms with Gasteiger partial charge < -0.3 is 4.90 Å². The largest absolute Gasteiger partial charge is 0.336 e. The van der Waals surface area contributed by atoms with E-state index in [2.05, 4.69) is 9.88 Å². The van der Waals surface area contributed by atoms with Crippen molar-refractivity contribution >= 4 is 38.3 Å². The highest BCUT2D eigenvalue weighted by molar-refractivity contribution is 7.92. The zero-order valence-corrected chi connectivity index (χ0v) is 18.2. The second-order valence-electron chi connectivity index (χ2n) is 7.95. The number of hydrogen-bond acceptors (Lipinski definition) is 6. The number of carbonyl (C=O) groups is 1. The molecule has 2 fully saturated rings. The Hall–Kier alpha value is -2.23. The van der Waals surface area contributed by atoms with E-state index >= 15 is 0 Å². The monoisotopic (exact) mass is 444 g/mol. The summed E-state index contributed by atoms with van der Waals surface area (Å²) in [6, 6.07) is 9.05. The van der Waals surface area contributed by atoms with E-state index in [-0.39, 0.29) is 10.1 Å². The van der Waals surface area contributed by atoms with Crippen LogP contribution in [0.15, 0.2) is 46.2 Å². The first-order valence-electron chi connectivity index (χ1n) is 10.3. The zero-order chi connectivity index (χ0) is 20.7. The number of aromatic nitrogens is 2. The Balaban J connectivity index is 1.34. The smallest absolute Gasteiger partial charge is 0.278 e. The Labute approximate surface area is 180 Å². The first kappa shape index (κ1) is 19.7. The normalized spacial score (nSPS) is 19.0. The molecule has 5 rings (SSSR count). The van der Waals surface area contributed by atoms with Crippen LogP contribution in [0.4, 0.5) is 0 Å².